The number of carbonyl (C=O) groups excluding carboxylic acids is 1. The summed E-state index contributed by atoms with van der Waals surface area (Å²) < 4.78 is 0. The first-order valence-electron chi connectivity index (χ1n) is 7.08. The number of amides is 1. The normalized spacial score (nSPS) is 16.9. The molecule has 110 valence electrons. The first kappa shape index (κ1) is 14.7. The van der Waals surface area contributed by atoms with E-state index < -0.39 is 0 Å². The van der Waals surface area contributed by atoms with Crippen LogP contribution in [0.5, 0.6) is 0 Å². The zero-order valence-corrected chi connectivity index (χ0v) is 11.9. The van der Waals surface area contributed by atoms with Crippen molar-refractivity contribution in [2.45, 2.75) is 19.3 Å². The van der Waals surface area contributed by atoms with E-state index in [-0.39, 0.29) is 5.91 Å². The lowest BCUT2D eigenvalue weighted by molar-refractivity contribution is 0.0944. The number of carbonyl (C=O) groups is 1. The van der Waals surface area contributed by atoms with Gasteiger partial charge in [0.1, 0.15) is 5.69 Å². The maximum Gasteiger partial charge on any atom is 0.269 e. The summed E-state index contributed by atoms with van der Waals surface area (Å²) in [5.74, 6) is 5.86. The summed E-state index contributed by atoms with van der Waals surface area (Å²) in [6.45, 7) is 3.03. The fourth-order valence-corrected chi connectivity index (χ4v) is 2.44. The van der Waals surface area contributed by atoms with E-state index in [1.807, 2.05) is 0 Å². The van der Waals surface area contributed by atoms with Crippen LogP contribution >= 0.6 is 0 Å². The maximum absolute atomic E-state index is 11.9. The van der Waals surface area contributed by atoms with Crippen molar-refractivity contribution >= 4 is 11.6 Å². The monoisotopic (exact) mass is 277 g/mol. The number of likely N-dealkylation sites (tertiary alicyclic amines) is 1. The Balaban J connectivity index is 1.71. The lowest BCUT2D eigenvalue weighted by Crippen LogP contribution is -2.32. The third-order valence-corrected chi connectivity index (χ3v) is 3.84. The third kappa shape index (κ3) is 4.18. The van der Waals surface area contributed by atoms with Crippen molar-refractivity contribution in [3.63, 3.8) is 0 Å². The Hall–Kier alpha value is -1.66. The zero-order valence-electron chi connectivity index (χ0n) is 11.9. The van der Waals surface area contributed by atoms with Crippen LogP contribution in [0, 0.1) is 5.92 Å². The van der Waals surface area contributed by atoms with E-state index in [9.17, 15) is 4.79 Å². The van der Waals surface area contributed by atoms with Gasteiger partial charge in [-0.2, -0.15) is 0 Å². The fourth-order valence-electron chi connectivity index (χ4n) is 2.44. The smallest absolute Gasteiger partial charge is 0.269 e. The second kappa shape index (κ2) is 7.21. The quantitative estimate of drug-likeness (QED) is 0.548. The Kier molecular flexibility index (Phi) is 5.31. The number of piperidine rings is 1. The molecule has 20 heavy (non-hydrogen) atoms. The number of aromatic nitrogens is 1. The molecule has 0 spiro atoms. The Morgan fingerprint density at radius 2 is 2.20 bits per heavy atom. The van der Waals surface area contributed by atoms with E-state index in [1.54, 1.807) is 18.3 Å². The van der Waals surface area contributed by atoms with Gasteiger partial charge in [-0.1, -0.05) is 0 Å². The van der Waals surface area contributed by atoms with E-state index in [0.717, 1.165) is 25.4 Å². The number of hydrogen-bond donors (Lipinski definition) is 3. The van der Waals surface area contributed by atoms with Crippen molar-refractivity contribution in [1.29, 1.82) is 0 Å². The first-order valence-corrected chi connectivity index (χ1v) is 7.08. The molecule has 6 heteroatoms. The van der Waals surface area contributed by atoms with Gasteiger partial charge >= 0.3 is 0 Å². The number of anilines is 1. The molecule has 1 fully saturated rings. The number of pyridine rings is 1. The largest absolute Gasteiger partial charge is 0.351 e. The van der Waals surface area contributed by atoms with Crippen LogP contribution in [-0.4, -0.2) is 42.5 Å². The Labute approximate surface area is 119 Å². The van der Waals surface area contributed by atoms with Gasteiger partial charge in [-0.05, 0) is 57.5 Å². The predicted octanol–water partition coefficient (Wildman–Crippen LogP) is 0.829. The first-order chi connectivity index (χ1) is 9.69. The van der Waals surface area contributed by atoms with Gasteiger partial charge in [0.15, 0.2) is 0 Å². The van der Waals surface area contributed by atoms with Crippen molar-refractivity contribution in [3.8, 4) is 0 Å². The standard InChI is InChI=1S/C14H23N5O/c1-19-8-5-11(6-9-19)4-7-16-14(20)13-3-2-12(18-15)10-17-13/h2-3,10-11,18H,4-9,15H2,1H3,(H,16,20). The molecular formula is C14H23N5O. The number of nitrogens with one attached hydrogen (secondary N) is 2. The van der Waals surface area contributed by atoms with Crippen LogP contribution in [0.25, 0.3) is 0 Å². The van der Waals surface area contributed by atoms with Crippen molar-refractivity contribution in [2.24, 2.45) is 11.8 Å². The predicted molar refractivity (Wildman–Crippen MR) is 79.2 cm³/mol. The van der Waals surface area contributed by atoms with Crippen molar-refractivity contribution < 1.29 is 4.79 Å². The number of nitrogens with zero attached hydrogens (tertiary/aromatic N) is 2. The summed E-state index contributed by atoms with van der Waals surface area (Å²) in [7, 11) is 2.16. The van der Waals surface area contributed by atoms with E-state index in [0.29, 0.717) is 17.9 Å². The molecule has 1 aromatic heterocycles. The van der Waals surface area contributed by atoms with Gasteiger partial charge in [0.25, 0.3) is 5.91 Å². The summed E-state index contributed by atoms with van der Waals surface area (Å²) in [6.07, 6.45) is 5.04. The maximum atomic E-state index is 11.9. The molecular weight excluding hydrogens is 254 g/mol. The Morgan fingerprint density at radius 1 is 1.45 bits per heavy atom. The third-order valence-electron chi connectivity index (χ3n) is 3.84. The molecule has 0 unspecified atom stereocenters. The lowest BCUT2D eigenvalue weighted by atomic mass is 9.94. The van der Waals surface area contributed by atoms with Crippen molar-refractivity contribution in [3.05, 3.63) is 24.0 Å². The summed E-state index contributed by atoms with van der Waals surface area (Å²) in [4.78, 5) is 18.3. The molecule has 0 bridgehead atoms. The number of hydrazine groups is 1. The van der Waals surface area contributed by atoms with Gasteiger partial charge in [0.05, 0.1) is 11.9 Å². The average molecular weight is 277 g/mol. The molecule has 0 aromatic carbocycles. The molecule has 2 rings (SSSR count). The van der Waals surface area contributed by atoms with E-state index >= 15 is 0 Å². The van der Waals surface area contributed by atoms with Crippen LogP contribution in [0.2, 0.25) is 0 Å². The molecule has 1 amide bonds. The molecule has 1 aliphatic rings. The molecule has 1 aliphatic heterocycles. The highest BCUT2D eigenvalue weighted by Crippen LogP contribution is 2.18. The number of nitrogen functional groups attached to an aromatic ring is 1. The van der Waals surface area contributed by atoms with Crippen LogP contribution in [0.1, 0.15) is 29.8 Å². The molecule has 0 atom stereocenters. The summed E-state index contributed by atoms with van der Waals surface area (Å²) in [5.41, 5.74) is 3.60. The van der Waals surface area contributed by atoms with Crippen molar-refractivity contribution in [2.75, 3.05) is 32.1 Å². The topological polar surface area (TPSA) is 83.3 Å². The summed E-state index contributed by atoms with van der Waals surface area (Å²) >= 11 is 0. The molecule has 0 aliphatic carbocycles. The van der Waals surface area contributed by atoms with Gasteiger partial charge in [-0.3, -0.25) is 10.6 Å². The Bertz CT molecular complexity index is 426. The summed E-state index contributed by atoms with van der Waals surface area (Å²) in [6, 6.07) is 3.40. The van der Waals surface area contributed by atoms with Gasteiger partial charge in [-0.15, -0.1) is 0 Å². The van der Waals surface area contributed by atoms with E-state index in [1.165, 1.54) is 12.8 Å². The van der Waals surface area contributed by atoms with Crippen LogP contribution < -0.4 is 16.6 Å². The fraction of sp³-hybridized carbons (Fsp3) is 0.571. The molecule has 1 saturated heterocycles. The molecule has 6 nitrogen and oxygen atoms in total. The Morgan fingerprint density at radius 3 is 2.80 bits per heavy atom. The highest BCUT2D eigenvalue weighted by Gasteiger charge is 2.16. The molecule has 2 heterocycles. The van der Waals surface area contributed by atoms with E-state index in [2.05, 4.69) is 27.7 Å². The van der Waals surface area contributed by atoms with Crippen LogP contribution in [-0.2, 0) is 0 Å². The molecule has 0 radical (unpaired) electrons. The second-order valence-corrected chi connectivity index (χ2v) is 5.37. The highest BCUT2D eigenvalue weighted by molar-refractivity contribution is 5.92. The SMILES string of the molecule is CN1CCC(CCNC(=O)c2ccc(NN)cn2)CC1. The number of rotatable bonds is 5. The lowest BCUT2D eigenvalue weighted by Gasteiger charge is -2.28. The van der Waals surface area contributed by atoms with E-state index in [4.69, 9.17) is 5.84 Å². The molecule has 1 aromatic rings. The van der Waals surface area contributed by atoms with Gasteiger partial charge in [0.2, 0.25) is 0 Å². The molecule has 4 N–H and O–H groups in total. The minimum Gasteiger partial charge on any atom is -0.351 e. The van der Waals surface area contributed by atoms with Gasteiger partial charge < -0.3 is 15.6 Å². The summed E-state index contributed by atoms with van der Waals surface area (Å²) in [5, 5.41) is 2.93. The average Bonchev–Trinajstić information content (AvgIpc) is 2.49. The number of hydrogen-bond acceptors (Lipinski definition) is 5. The van der Waals surface area contributed by atoms with Crippen LogP contribution in [0.3, 0.4) is 0 Å². The van der Waals surface area contributed by atoms with Crippen LogP contribution in [0.15, 0.2) is 18.3 Å². The minimum atomic E-state index is -0.124. The van der Waals surface area contributed by atoms with Gasteiger partial charge in [-0.25, -0.2) is 4.98 Å². The second-order valence-electron chi connectivity index (χ2n) is 5.37. The molecule has 0 saturated carbocycles. The van der Waals surface area contributed by atoms with Crippen LogP contribution in [0.4, 0.5) is 5.69 Å². The zero-order chi connectivity index (χ0) is 14.4. The number of nitrogens with two attached hydrogens (primary N) is 1. The van der Waals surface area contributed by atoms with Gasteiger partial charge in [0, 0.05) is 6.54 Å². The highest BCUT2D eigenvalue weighted by atomic mass is 16.1. The van der Waals surface area contributed by atoms with Crippen molar-refractivity contribution in [1.82, 2.24) is 15.2 Å². The minimum absolute atomic E-state index is 0.124.